The van der Waals surface area contributed by atoms with Crippen LogP contribution in [0.25, 0.3) is 0 Å². The Morgan fingerprint density at radius 2 is 2.33 bits per heavy atom. The van der Waals surface area contributed by atoms with Crippen molar-refractivity contribution < 1.29 is 14.8 Å². The maximum absolute atomic E-state index is 12.5. The molecule has 0 spiro atoms. The minimum absolute atomic E-state index is 0.0802. The lowest BCUT2D eigenvalue weighted by molar-refractivity contribution is -0.384. The van der Waals surface area contributed by atoms with E-state index in [1.807, 2.05) is 6.92 Å². The topological polar surface area (TPSA) is 104 Å². The molecule has 1 aliphatic rings. The molecule has 0 aliphatic carbocycles. The summed E-state index contributed by atoms with van der Waals surface area (Å²) in [7, 11) is 0. The Labute approximate surface area is 122 Å². The number of nitro groups is 1. The molecule has 1 atom stereocenters. The van der Waals surface area contributed by atoms with Crippen LogP contribution in [0.15, 0.2) is 18.2 Å². The lowest BCUT2D eigenvalue weighted by Crippen LogP contribution is -2.38. The predicted octanol–water partition coefficient (Wildman–Crippen LogP) is 2.02. The highest BCUT2D eigenvalue weighted by Crippen LogP contribution is 2.35. The van der Waals surface area contributed by atoms with E-state index in [9.17, 15) is 20.0 Å². The van der Waals surface area contributed by atoms with Gasteiger partial charge in [-0.2, -0.15) is 0 Å². The number of non-ortho nitro benzene ring substituents is 1. The van der Waals surface area contributed by atoms with Crippen molar-refractivity contribution in [3.8, 4) is 5.75 Å². The summed E-state index contributed by atoms with van der Waals surface area (Å²) in [5, 5.41) is 26.4. The van der Waals surface area contributed by atoms with E-state index < -0.39 is 10.3 Å². The third-order valence-corrected chi connectivity index (χ3v) is 3.89. The van der Waals surface area contributed by atoms with Gasteiger partial charge in [0.2, 0.25) is 5.91 Å². The van der Waals surface area contributed by atoms with Gasteiger partial charge in [0, 0.05) is 18.7 Å². The van der Waals surface area contributed by atoms with Gasteiger partial charge in [-0.05, 0) is 25.5 Å². The zero-order valence-electron chi connectivity index (χ0n) is 11.9. The molecule has 7 heteroatoms. The van der Waals surface area contributed by atoms with Gasteiger partial charge in [0.1, 0.15) is 5.75 Å². The van der Waals surface area contributed by atoms with Gasteiger partial charge < -0.3 is 15.7 Å². The van der Waals surface area contributed by atoms with E-state index in [0.29, 0.717) is 6.54 Å². The Hall–Kier alpha value is -2.15. The molecule has 0 aromatic heterocycles. The number of nitrogens with one attached hydrogen (secondary N) is 2. The zero-order valence-corrected chi connectivity index (χ0v) is 11.9. The standard InChI is InChI=1S/C14H19N3O4/c1-2-5-14(6-7-15-9-14)13(19)16-11-8-10(17(20)21)3-4-12(11)18/h3-4,8,15,18H,2,5-7,9H2,1H3,(H,16,19). The largest absolute Gasteiger partial charge is 0.506 e. The second-order valence-electron chi connectivity index (χ2n) is 5.37. The molecule has 1 unspecified atom stereocenters. The molecular formula is C14H19N3O4. The summed E-state index contributed by atoms with van der Waals surface area (Å²) in [5.41, 5.74) is -0.597. The number of amides is 1. The minimum Gasteiger partial charge on any atom is -0.506 e. The fourth-order valence-corrected chi connectivity index (χ4v) is 2.74. The van der Waals surface area contributed by atoms with Crippen molar-refractivity contribution in [3.63, 3.8) is 0 Å². The molecule has 2 rings (SSSR count). The Bertz CT molecular complexity index is 553. The summed E-state index contributed by atoms with van der Waals surface area (Å²) in [6, 6.07) is 3.59. The van der Waals surface area contributed by atoms with Crippen LogP contribution in [0.4, 0.5) is 11.4 Å². The number of nitrogens with zero attached hydrogens (tertiary/aromatic N) is 1. The molecule has 1 aliphatic heterocycles. The van der Waals surface area contributed by atoms with Crippen LogP contribution >= 0.6 is 0 Å². The van der Waals surface area contributed by atoms with Gasteiger partial charge in [-0.3, -0.25) is 14.9 Å². The Morgan fingerprint density at radius 1 is 1.57 bits per heavy atom. The maximum atomic E-state index is 12.5. The molecule has 0 bridgehead atoms. The molecule has 114 valence electrons. The van der Waals surface area contributed by atoms with Crippen LogP contribution in [0.1, 0.15) is 26.2 Å². The first-order chi connectivity index (χ1) is 9.98. The first kappa shape index (κ1) is 15.2. The summed E-state index contributed by atoms with van der Waals surface area (Å²) in [6.45, 7) is 3.37. The molecular weight excluding hydrogens is 274 g/mol. The van der Waals surface area contributed by atoms with E-state index in [1.54, 1.807) is 0 Å². The van der Waals surface area contributed by atoms with Crippen LogP contribution in [0, 0.1) is 15.5 Å². The van der Waals surface area contributed by atoms with Crippen LogP contribution in [-0.2, 0) is 4.79 Å². The van der Waals surface area contributed by atoms with Crippen molar-refractivity contribution in [3.05, 3.63) is 28.3 Å². The molecule has 0 saturated carbocycles. The first-order valence-corrected chi connectivity index (χ1v) is 6.98. The summed E-state index contributed by atoms with van der Waals surface area (Å²) < 4.78 is 0. The van der Waals surface area contributed by atoms with Crippen LogP contribution in [0.2, 0.25) is 0 Å². The summed E-state index contributed by atoms with van der Waals surface area (Å²) >= 11 is 0. The molecule has 3 N–H and O–H groups in total. The van der Waals surface area contributed by atoms with E-state index in [1.165, 1.54) is 18.2 Å². The predicted molar refractivity (Wildman–Crippen MR) is 78.2 cm³/mol. The highest BCUT2D eigenvalue weighted by molar-refractivity contribution is 5.97. The molecule has 1 fully saturated rings. The fraction of sp³-hybridized carbons (Fsp3) is 0.500. The monoisotopic (exact) mass is 293 g/mol. The second kappa shape index (κ2) is 6.09. The van der Waals surface area contributed by atoms with Crippen LogP contribution in [-0.4, -0.2) is 29.0 Å². The van der Waals surface area contributed by atoms with Gasteiger partial charge in [-0.1, -0.05) is 13.3 Å². The average Bonchev–Trinajstić information content (AvgIpc) is 2.91. The number of aromatic hydroxyl groups is 1. The molecule has 1 aromatic rings. The van der Waals surface area contributed by atoms with E-state index in [4.69, 9.17) is 0 Å². The van der Waals surface area contributed by atoms with E-state index in [-0.39, 0.29) is 23.0 Å². The minimum atomic E-state index is -0.561. The molecule has 1 heterocycles. The van der Waals surface area contributed by atoms with Gasteiger partial charge in [-0.25, -0.2) is 0 Å². The molecule has 0 radical (unpaired) electrons. The molecule has 7 nitrogen and oxygen atoms in total. The van der Waals surface area contributed by atoms with Gasteiger partial charge >= 0.3 is 0 Å². The third kappa shape index (κ3) is 3.13. The normalized spacial score (nSPS) is 21.2. The number of carbonyl (C=O) groups is 1. The molecule has 1 amide bonds. The quantitative estimate of drug-likeness (QED) is 0.437. The SMILES string of the molecule is CCCC1(C(=O)Nc2cc([N+](=O)[O-])ccc2O)CCNC1. The number of rotatable bonds is 5. The van der Waals surface area contributed by atoms with Crippen molar-refractivity contribution >= 4 is 17.3 Å². The number of phenolic OH excluding ortho intramolecular Hbond substituents is 1. The molecule has 21 heavy (non-hydrogen) atoms. The third-order valence-electron chi connectivity index (χ3n) is 3.89. The molecule has 1 aromatic carbocycles. The van der Waals surface area contributed by atoms with Crippen molar-refractivity contribution in [1.82, 2.24) is 5.32 Å². The van der Waals surface area contributed by atoms with E-state index in [2.05, 4.69) is 10.6 Å². The van der Waals surface area contributed by atoms with Crippen LogP contribution in [0.5, 0.6) is 5.75 Å². The number of carbonyl (C=O) groups excluding carboxylic acids is 1. The lowest BCUT2D eigenvalue weighted by Gasteiger charge is -2.26. The van der Waals surface area contributed by atoms with Gasteiger partial charge in [-0.15, -0.1) is 0 Å². The van der Waals surface area contributed by atoms with Gasteiger partial charge in [0.25, 0.3) is 5.69 Å². The van der Waals surface area contributed by atoms with Crippen molar-refractivity contribution in [2.45, 2.75) is 26.2 Å². The summed E-state index contributed by atoms with van der Waals surface area (Å²) in [4.78, 5) is 22.7. The zero-order chi connectivity index (χ0) is 15.5. The Morgan fingerprint density at radius 3 is 2.90 bits per heavy atom. The molecule has 1 saturated heterocycles. The van der Waals surface area contributed by atoms with Gasteiger partial charge in [0.15, 0.2) is 0 Å². The highest BCUT2D eigenvalue weighted by atomic mass is 16.6. The number of anilines is 1. The Balaban J connectivity index is 2.22. The van der Waals surface area contributed by atoms with Crippen molar-refractivity contribution in [1.29, 1.82) is 0 Å². The average molecular weight is 293 g/mol. The fourth-order valence-electron chi connectivity index (χ4n) is 2.74. The van der Waals surface area contributed by atoms with Gasteiger partial charge in [0.05, 0.1) is 16.0 Å². The Kier molecular flexibility index (Phi) is 4.42. The number of hydrogen-bond acceptors (Lipinski definition) is 5. The first-order valence-electron chi connectivity index (χ1n) is 6.98. The summed E-state index contributed by atoms with van der Waals surface area (Å²) in [5.74, 6) is -0.378. The number of hydrogen-bond donors (Lipinski definition) is 3. The van der Waals surface area contributed by atoms with E-state index in [0.717, 1.165) is 25.8 Å². The summed E-state index contributed by atoms with van der Waals surface area (Å²) in [6.07, 6.45) is 2.33. The smallest absolute Gasteiger partial charge is 0.271 e. The number of nitro benzene ring substituents is 1. The van der Waals surface area contributed by atoms with Crippen molar-refractivity contribution in [2.75, 3.05) is 18.4 Å². The van der Waals surface area contributed by atoms with Crippen molar-refractivity contribution in [2.24, 2.45) is 5.41 Å². The van der Waals surface area contributed by atoms with Crippen LogP contribution in [0.3, 0.4) is 0 Å². The number of benzene rings is 1. The van der Waals surface area contributed by atoms with Crippen LogP contribution < -0.4 is 10.6 Å². The maximum Gasteiger partial charge on any atom is 0.271 e. The number of phenols is 1. The lowest BCUT2D eigenvalue weighted by atomic mass is 9.81. The highest BCUT2D eigenvalue weighted by Gasteiger charge is 2.40. The second-order valence-corrected chi connectivity index (χ2v) is 5.37. The van der Waals surface area contributed by atoms with E-state index >= 15 is 0 Å².